The first-order valence-corrected chi connectivity index (χ1v) is 15.6. The molecule has 2 amide bonds. The average Bonchev–Trinajstić information content (AvgIpc) is 3.52. The van der Waals surface area contributed by atoms with Gasteiger partial charge in [0.2, 0.25) is 11.8 Å². The Labute approximate surface area is 255 Å². The fraction of sp³-hybridized carbons (Fsp3) is 0.529. The number of Topliss-reactive ketones (excluding diaryl/α,β-unsaturated/α-hetero) is 1. The van der Waals surface area contributed by atoms with Gasteiger partial charge in [-0.2, -0.15) is 0 Å². The zero-order chi connectivity index (χ0) is 30.7. The van der Waals surface area contributed by atoms with Gasteiger partial charge < -0.3 is 14.8 Å². The number of carbonyl (C=O) groups is 4. The number of carbonyl (C=O) groups excluding carboxylic acids is 4. The fourth-order valence-electron chi connectivity index (χ4n) is 5.04. The van der Waals surface area contributed by atoms with Crippen molar-refractivity contribution >= 4 is 23.6 Å². The van der Waals surface area contributed by atoms with E-state index in [0.717, 1.165) is 56.9 Å². The van der Waals surface area contributed by atoms with Crippen molar-refractivity contribution < 1.29 is 33.5 Å². The monoisotopic (exact) mass is 594 g/mol. The lowest BCUT2D eigenvalue weighted by Crippen LogP contribution is -2.36. The quantitative estimate of drug-likeness (QED) is 0.114. The molecule has 9 nitrogen and oxygen atoms in total. The fourth-order valence-corrected chi connectivity index (χ4v) is 5.04. The van der Waals surface area contributed by atoms with E-state index in [0.29, 0.717) is 50.2 Å². The number of esters is 1. The standard InChI is InChI=1S/C34H46N2O7/c1-2-42-36-32(39)21-9-4-3-8-17-28(37)24-26-14-12-20-30(25-26)41-23-13-22-31(38)35-33(27-15-6-5-7-16-27)34(40)43-29-18-10-11-19-29/h5-7,12,14-16,20,25,29,33H,2-4,8-11,13,17-19,21-24H2,1H3,(H,35,38)(H,36,39)/t33-/m0/s1. The first-order chi connectivity index (χ1) is 20.9. The summed E-state index contributed by atoms with van der Waals surface area (Å²) in [5, 5.41) is 2.85. The van der Waals surface area contributed by atoms with Gasteiger partial charge in [0, 0.05) is 25.7 Å². The summed E-state index contributed by atoms with van der Waals surface area (Å²) >= 11 is 0. The van der Waals surface area contributed by atoms with E-state index in [4.69, 9.17) is 14.3 Å². The van der Waals surface area contributed by atoms with E-state index in [1.807, 2.05) is 61.5 Å². The SMILES string of the molecule is CCONC(=O)CCCCCCC(=O)Cc1cccc(OCCCC(=O)N[C@H](C(=O)OC2CCCC2)c2ccccc2)c1. The molecule has 1 atom stereocenters. The Bertz CT molecular complexity index is 1150. The highest BCUT2D eigenvalue weighted by molar-refractivity contribution is 5.85. The third kappa shape index (κ3) is 13.4. The highest BCUT2D eigenvalue weighted by atomic mass is 16.6. The van der Waals surface area contributed by atoms with Gasteiger partial charge in [-0.1, -0.05) is 55.3 Å². The minimum atomic E-state index is -0.836. The summed E-state index contributed by atoms with van der Waals surface area (Å²) in [5.74, 6) is 0.0439. The van der Waals surface area contributed by atoms with Gasteiger partial charge in [0.05, 0.1) is 13.2 Å². The molecule has 0 aliphatic heterocycles. The van der Waals surface area contributed by atoms with E-state index in [2.05, 4.69) is 10.8 Å². The van der Waals surface area contributed by atoms with Crippen LogP contribution in [-0.2, 0) is 35.2 Å². The summed E-state index contributed by atoms with van der Waals surface area (Å²) in [6.07, 6.45) is 9.08. The van der Waals surface area contributed by atoms with Crippen LogP contribution in [0.5, 0.6) is 5.75 Å². The number of ether oxygens (including phenoxy) is 2. The van der Waals surface area contributed by atoms with Gasteiger partial charge in [0.25, 0.3) is 0 Å². The van der Waals surface area contributed by atoms with E-state index < -0.39 is 12.0 Å². The third-order valence-electron chi connectivity index (χ3n) is 7.32. The van der Waals surface area contributed by atoms with Gasteiger partial charge >= 0.3 is 5.97 Å². The molecular formula is C34H46N2O7. The van der Waals surface area contributed by atoms with E-state index in [9.17, 15) is 19.2 Å². The van der Waals surface area contributed by atoms with Crippen LogP contribution in [0.25, 0.3) is 0 Å². The minimum Gasteiger partial charge on any atom is -0.494 e. The number of hydrogen-bond acceptors (Lipinski definition) is 7. The first kappa shape index (κ1) is 33.8. The highest BCUT2D eigenvalue weighted by Crippen LogP contribution is 2.24. The molecule has 0 bridgehead atoms. The minimum absolute atomic E-state index is 0.0766. The molecule has 0 aromatic heterocycles. The zero-order valence-corrected chi connectivity index (χ0v) is 25.3. The summed E-state index contributed by atoms with van der Waals surface area (Å²) in [6, 6.07) is 15.8. The molecule has 0 radical (unpaired) electrons. The van der Waals surface area contributed by atoms with Crippen LogP contribution in [0, 0.1) is 0 Å². The molecule has 9 heteroatoms. The Kier molecular flexibility index (Phi) is 15.3. The number of hydroxylamine groups is 1. The molecule has 2 aromatic carbocycles. The van der Waals surface area contributed by atoms with E-state index in [1.165, 1.54) is 0 Å². The Morgan fingerprint density at radius 1 is 0.837 bits per heavy atom. The zero-order valence-electron chi connectivity index (χ0n) is 25.3. The van der Waals surface area contributed by atoms with Crippen LogP contribution < -0.4 is 15.5 Å². The van der Waals surface area contributed by atoms with Crippen molar-refractivity contribution in [2.45, 2.75) is 103 Å². The number of benzene rings is 2. The van der Waals surface area contributed by atoms with Crippen LogP contribution in [0.3, 0.4) is 0 Å². The van der Waals surface area contributed by atoms with Crippen LogP contribution in [0.4, 0.5) is 0 Å². The summed E-state index contributed by atoms with van der Waals surface area (Å²) in [5.41, 5.74) is 3.97. The molecule has 1 aliphatic carbocycles. The summed E-state index contributed by atoms with van der Waals surface area (Å²) in [4.78, 5) is 54.5. The molecule has 2 aromatic rings. The lowest BCUT2D eigenvalue weighted by Gasteiger charge is -2.20. The predicted molar refractivity (Wildman–Crippen MR) is 163 cm³/mol. The molecule has 0 spiro atoms. The van der Waals surface area contributed by atoms with Crippen molar-refractivity contribution in [1.82, 2.24) is 10.8 Å². The number of unbranched alkanes of at least 4 members (excludes halogenated alkanes) is 3. The van der Waals surface area contributed by atoms with Crippen LogP contribution in [0.1, 0.15) is 101 Å². The maximum Gasteiger partial charge on any atom is 0.333 e. The summed E-state index contributed by atoms with van der Waals surface area (Å²) in [6.45, 7) is 2.58. The van der Waals surface area contributed by atoms with Gasteiger partial charge in [-0.05, 0) is 75.1 Å². The van der Waals surface area contributed by atoms with Gasteiger partial charge in [-0.3, -0.25) is 19.2 Å². The second kappa shape index (κ2) is 19.5. The molecule has 0 saturated heterocycles. The topological polar surface area (TPSA) is 120 Å². The highest BCUT2D eigenvalue weighted by Gasteiger charge is 2.28. The van der Waals surface area contributed by atoms with E-state index in [-0.39, 0.29) is 30.1 Å². The number of hydrogen-bond donors (Lipinski definition) is 2. The Morgan fingerprint density at radius 2 is 1.56 bits per heavy atom. The third-order valence-corrected chi connectivity index (χ3v) is 7.32. The summed E-state index contributed by atoms with van der Waals surface area (Å²) in [7, 11) is 0. The molecule has 43 heavy (non-hydrogen) atoms. The lowest BCUT2D eigenvalue weighted by atomic mass is 10.0. The van der Waals surface area contributed by atoms with Crippen molar-refractivity contribution in [1.29, 1.82) is 0 Å². The van der Waals surface area contributed by atoms with Crippen LogP contribution in [0.15, 0.2) is 54.6 Å². The summed E-state index contributed by atoms with van der Waals surface area (Å²) < 4.78 is 11.5. The number of rotatable bonds is 20. The first-order valence-electron chi connectivity index (χ1n) is 15.6. The maximum atomic E-state index is 12.9. The molecule has 1 fully saturated rings. The molecule has 2 N–H and O–H groups in total. The largest absolute Gasteiger partial charge is 0.494 e. The van der Waals surface area contributed by atoms with Crippen molar-refractivity contribution in [3.05, 3.63) is 65.7 Å². The van der Waals surface area contributed by atoms with Gasteiger partial charge in [-0.15, -0.1) is 0 Å². The van der Waals surface area contributed by atoms with Crippen LogP contribution in [-0.4, -0.2) is 42.9 Å². The number of nitrogens with one attached hydrogen (secondary N) is 2. The average molecular weight is 595 g/mol. The molecule has 3 rings (SSSR count). The van der Waals surface area contributed by atoms with Gasteiger partial charge in [-0.25, -0.2) is 10.3 Å². The molecule has 0 heterocycles. The molecular weight excluding hydrogens is 548 g/mol. The normalized spacial score (nSPS) is 13.7. The van der Waals surface area contributed by atoms with Crippen molar-refractivity contribution in [3.63, 3.8) is 0 Å². The Balaban J connectivity index is 1.34. The molecule has 234 valence electrons. The van der Waals surface area contributed by atoms with E-state index >= 15 is 0 Å². The van der Waals surface area contributed by atoms with Crippen LogP contribution in [0.2, 0.25) is 0 Å². The second-order valence-electron chi connectivity index (χ2n) is 10.9. The Morgan fingerprint density at radius 3 is 2.30 bits per heavy atom. The second-order valence-corrected chi connectivity index (χ2v) is 10.9. The number of amides is 2. The van der Waals surface area contributed by atoms with Crippen molar-refractivity contribution in [3.8, 4) is 5.75 Å². The molecule has 0 unspecified atom stereocenters. The number of ketones is 1. The lowest BCUT2D eigenvalue weighted by molar-refractivity contribution is -0.153. The smallest absolute Gasteiger partial charge is 0.333 e. The van der Waals surface area contributed by atoms with Crippen LogP contribution >= 0.6 is 0 Å². The van der Waals surface area contributed by atoms with E-state index in [1.54, 1.807) is 0 Å². The molecule has 1 saturated carbocycles. The Hall–Kier alpha value is -3.72. The van der Waals surface area contributed by atoms with Gasteiger partial charge in [0.15, 0.2) is 6.04 Å². The predicted octanol–water partition coefficient (Wildman–Crippen LogP) is 5.71. The molecule has 1 aliphatic rings. The van der Waals surface area contributed by atoms with Crippen molar-refractivity contribution in [2.75, 3.05) is 13.2 Å². The van der Waals surface area contributed by atoms with Gasteiger partial charge in [0.1, 0.15) is 17.6 Å². The maximum absolute atomic E-state index is 12.9. The van der Waals surface area contributed by atoms with Crippen molar-refractivity contribution in [2.24, 2.45) is 0 Å².